The Kier molecular flexibility index (Phi) is 6.04. The summed E-state index contributed by atoms with van der Waals surface area (Å²) in [5.41, 5.74) is 3.73. The number of aryl methyl sites for hydroxylation is 1. The van der Waals surface area contributed by atoms with Crippen LogP contribution in [0.1, 0.15) is 30.4 Å². The van der Waals surface area contributed by atoms with E-state index in [1.165, 1.54) is 12.8 Å². The third-order valence-corrected chi connectivity index (χ3v) is 5.99. The number of amides is 2. The SMILES string of the molecule is COc1ccc(C)cc1N1C[C@H](C(=O)Nc2ccccc2CN2CCCC2)CC1=O. The van der Waals surface area contributed by atoms with Gasteiger partial charge in [0.1, 0.15) is 5.75 Å². The molecular weight excluding hydrogens is 378 g/mol. The standard InChI is InChI=1S/C24H29N3O3/c1-17-9-10-22(30-2)21(13-17)27-16-19(14-23(27)28)24(29)25-20-8-4-3-7-18(20)15-26-11-5-6-12-26/h3-4,7-10,13,19H,5-6,11-12,14-16H2,1-2H3,(H,25,29)/t19-/m1/s1. The van der Waals surface area contributed by atoms with Gasteiger partial charge in [0, 0.05) is 25.2 Å². The molecule has 30 heavy (non-hydrogen) atoms. The molecule has 2 saturated heterocycles. The number of anilines is 2. The second-order valence-corrected chi connectivity index (χ2v) is 8.21. The molecule has 0 aliphatic carbocycles. The van der Waals surface area contributed by atoms with Gasteiger partial charge >= 0.3 is 0 Å². The minimum atomic E-state index is -0.387. The summed E-state index contributed by atoms with van der Waals surface area (Å²) in [6.07, 6.45) is 2.67. The highest BCUT2D eigenvalue weighted by atomic mass is 16.5. The van der Waals surface area contributed by atoms with Gasteiger partial charge < -0.3 is 15.0 Å². The van der Waals surface area contributed by atoms with Crippen molar-refractivity contribution in [1.29, 1.82) is 0 Å². The first-order valence-electron chi connectivity index (χ1n) is 10.6. The van der Waals surface area contributed by atoms with E-state index in [4.69, 9.17) is 4.74 Å². The fraction of sp³-hybridized carbons (Fsp3) is 0.417. The molecule has 6 heteroatoms. The second-order valence-electron chi connectivity index (χ2n) is 8.21. The number of carbonyl (C=O) groups is 2. The molecule has 0 bridgehead atoms. The average molecular weight is 408 g/mol. The van der Waals surface area contributed by atoms with Crippen molar-refractivity contribution in [2.24, 2.45) is 5.92 Å². The first kappa shape index (κ1) is 20.4. The molecule has 6 nitrogen and oxygen atoms in total. The van der Waals surface area contributed by atoms with Crippen LogP contribution in [0, 0.1) is 12.8 Å². The fourth-order valence-electron chi connectivity index (χ4n) is 4.32. The van der Waals surface area contributed by atoms with Crippen LogP contribution in [-0.4, -0.2) is 43.5 Å². The lowest BCUT2D eigenvalue weighted by Crippen LogP contribution is -2.29. The summed E-state index contributed by atoms with van der Waals surface area (Å²) in [5.74, 6) is 0.101. The van der Waals surface area contributed by atoms with Gasteiger partial charge in [-0.15, -0.1) is 0 Å². The zero-order chi connectivity index (χ0) is 21.1. The van der Waals surface area contributed by atoms with Crippen LogP contribution in [-0.2, 0) is 16.1 Å². The first-order chi connectivity index (χ1) is 14.5. The minimum Gasteiger partial charge on any atom is -0.495 e. The van der Waals surface area contributed by atoms with Crippen molar-refractivity contribution < 1.29 is 14.3 Å². The van der Waals surface area contributed by atoms with Crippen molar-refractivity contribution in [2.45, 2.75) is 32.7 Å². The minimum absolute atomic E-state index is 0.0515. The Balaban J connectivity index is 1.47. The van der Waals surface area contributed by atoms with Crippen LogP contribution in [0.25, 0.3) is 0 Å². The summed E-state index contributed by atoms with van der Waals surface area (Å²) >= 11 is 0. The second kappa shape index (κ2) is 8.88. The third-order valence-electron chi connectivity index (χ3n) is 5.99. The molecule has 4 rings (SSSR count). The van der Waals surface area contributed by atoms with Crippen LogP contribution in [0.3, 0.4) is 0 Å². The monoisotopic (exact) mass is 407 g/mol. The molecule has 1 atom stereocenters. The van der Waals surface area contributed by atoms with E-state index < -0.39 is 0 Å². The molecule has 2 aliphatic rings. The number of nitrogens with one attached hydrogen (secondary N) is 1. The van der Waals surface area contributed by atoms with Crippen LogP contribution < -0.4 is 15.0 Å². The highest BCUT2D eigenvalue weighted by Crippen LogP contribution is 2.34. The van der Waals surface area contributed by atoms with E-state index in [2.05, 4.69) is 16.3 Å². The maximum absolute atomic E-state index is 13.0. The van der Waals surface area contributed by atoms with Gasteiger partial charge in [-0.1, -0.05) is 24.3 Å². The third kappa shape index (κ3) is 4.33. The highest BCUT2D eigenvalue weighted by molar-refractivity contribution is 6.04. The zero-order valence-electron chi connectivity index (χ0n) is 17.7. The predicted molar refractivity (Wildman–Crippen MR) is 118 cm³/mol. The van der Waals surface area contributed by atoms with E-state index in [1.807, 2.05) is 43.3 Å². The van der Waals surface area contributed by atoms with Crippen molar-refractivity contribution in [3.8, 4) is 5.75 Å². The van der Waals surface area contributed by atoms with Crippen LogP contribution in [0.15, 0.2) is 42.5 Å². The number of para-hydroxylation sites is 1. The van der Waals surface area contributed by atoms with E-state index in [1.54, 1.807) is 12.0 Å². The van der Waals surface area contributed by atoms with E-state index in [0.29, 0.717) is 12.3 Å². The molecule has 0 aromatic heterocycles. The number of carbonyl (C=O) groups excluding carboxylic acids is 2. The predicted octanol–water partition coefficient (Wildman–Crippen LogP) is 3.59. The number of rotatable bonds is 6. The normalized spacial score (nSPS) is 19.3. The van der Waals surface area contributed by atoms with Crippen LogP contribution >= 0.6 is 0 Å². The van der Waals surface area contributed by atoms with Gasteiger partial charge in [0.05, 0.1) is 18.7 Å². The number of hydrogen-bond donors (Lipinski definition) is 1. The van der Waals surface area contributed by atoms with E-state index in [0.717, 1.165) is 42.1 Å². The largest absolute Gasteiger partial charge is 0.495 e. The average Bonchev–Trinajstić information content (AvgIpc) is 3.39. The maximum Gasteiger partial charge on any atom is 0.229 e. The van der Waals surface area contributed by atoms with Gasteiger partial charge in [0.25, 0.3) is 0 Å². The van der Waals surface area contributed by atoms with Crippen molar-refractivity contribution in [2.75, 3.05) is 37.0 Å². The van der Waals surface area contributed by atoms with Gasteiger partial charge in [-0.05, 0) is 62.2 Å². The van der Waals surface area contributed by atoms with E-state index >= 15 is 0 Å². The smallest absolute Gasteiger partial charge is 0.229 e. The van der Waals surface area contributed by atoms with Gasteiger partial charge in [-0.25, -0.2) is 0 Å². The number of nitrogens with zero attached hydrogens (tertiary/aromatic N) is 2. The molecule has 0 spiro atoms. The Morgan fingerprint density at radius 2 is 1.93 bits per heavy atom. The maximum atomic E-state index is 13.0. The summed E-state index contributed by atoms with van der Waals surface area (Å²) < 4.78 is 5.43. The van der Waals surface area contributed by atoms with Crippen molar-refractivity contribution in [3.05, 3.63) is 53.6 Å². The Morgan fingerprint density at radius 3 is 2.70 bits per heavy atom. The number of methoxy groups -OCH3 is 1. The van der Waals surface area contributed by atoms with Gasteiger partial charge in [0.15, 0.2) is 0 Å². The fourth-order valence-corrected chi connectivity index (χ4v) is 4.32. The van der Waals surface area contributed by atoms with Gasteiger partial charge in [-0.2, -0.15) is 0 Å². The van der Waals surface area contributed by atoms with Crippen LogP contribution in [0.2, 0.25) is 0 Å². The lowest BCUT2D eigenvalue weighted by molar-refractivity contribution is -0.122. The van der Waals surface area contributed by atoms with Gasteiger partial charge in [-0.3, -0.25) is 14.5 Å². The van der Waals surface area contributed by atoms with Crippen molar-refractivity contribution in [1.82, 2.24) is 4.90 Å². The summed E-state index contributed by atoms with van der Waals surface area (Å²) in [7, 11) is 1.59. The molecular formula is C24H29N3O3. The molecule has 158 valence electrons. The number of ether oxygens (including phenoxy) is 1. The Hall–Kier alpha value is -2.86. The summed E-state index contributed by atoms with van der Waals surface area (Å²) in [6, 6.07) is 13.7. The number of benzene rings is 2. The van der Waals surface area contributed by atoms with Gasteiger partial charge in [0.2, 0.25) is 11.8 Å². The zero-order valence-corrected chi connectivity index (χ0v) is 17.7. The number of likely N-dealkylation sites (tertiary alicyclic amines) is 1. The summed E-state index contributed by atoms with van der Waals surface area (Å²) in [6.45, 7) is 5.38. The van der Waals surface area contributed by atoms with E-state index in [9.17, 15) is 9.59 Å². The molecule has 2 aromatic carbocycles. The molecule has 0 unspecified atom stereocenters. The summed E-state index contributed by atoms with van der Waals surface area (Å²) in [4.78, 5) is 29.8. The molecule has 0 saturated carbocycles. The topological polar surface area (TPSA) is 61.9 Å². The Morgan fingerprint density at radius 1 is 1.17 bits per heavy atom. The molecule has 2 amide bonds. The van der Waals surface area contributed by atoms with Crippen LogP contribution in [0.5, 0.6) is 5.75 Å². The lowest BCUT2D eigenvalue weighted by atomic mass is 10.1. The Labute approximate surface area is 177 Å². The molecule has 2 aromatic rings. The van der Waals surface area contributed by atoms with Crippen molar-refractivity contribution in [3.63, 3.8) is 0 Å². The molecule has 2 heterocycles. The van der Waals surface area contributed by atoms with Crippen molar-refractivity contribution >= 4 is 23.2 Å². The highest BCUT2D eigenvalue weighted by Gasteiger charge is 2.36. The van der Waals surface area contributed by atoms with Crippen LogP contribution in [0.4, 0.5) is 11.4 Å². The Bertz CT molecular complexity index is 937. The first-order valence-corrected chi connectivity index (χ1v) is 10.6. The number of hydrogen-bond acceptors (Lipinski definition) is 4. The quantitative estimate of drug-likeness (QED) is 0.795. The van der Waals surface area contributed by atoms with E-state index in [-0.39, 0.29) is 24.2 Å². The molecule has 0 radical (unpaired) electrons. The molecule has 2 fully saturated rings. The molecule has 1 N–H and O–H groups in total. The lowest BCUT2D eigenvalue weighted by Gasteiger charge is -2.21. The summed E-state index contributed by atoms with van der Waals surface area (Å²) in [5, 5.41) is 3.08. The molecule has 2 aliphatic heterocycles.